The molecule has 0 unspecified atom stereocenters. The van der Waals surface area contributed by atoms with Crippen LogP contribution in [0.5, 0.6) is 0 Å². The van der Waals surface area contributed by atoms with E-state index in [1.165, 1.54) is 17.9 Å². The largest absolute Gasteiger partial charge is 0.464 e. The van der Waals surface area contributed by atoms with E-state index in [2.05, 4.69) is 4.98 Å². The molecule has 0 aliphatic rings. The number of nitrogens with zero attached hydrogens (tertiary/aromatic N) is 4. The van der Waals surface area contributed by atoms with Gasteiger partial charge in [0.15, 0.2) is 11.2 Å². The lowest BCUT2D eigenvalue weighted by atomic mass is 10.5. The van der Waals surface area contributed by atoms with E-state index in [4.69, 9.17) is 5.11 Å². The van der Waals surface area contributed by atoms with Crippen molar-refractivity contribution in [3.05, 3.63) is 27.2 Å². The highest BCUT2D eigenvalue weighted by molar-refractivity contribution is 5.81. The molecule has 2 aromatic heterocycles. The van der Waals surface area contributed by atoms with Crippen molar-refractivity contribution in [1.82, 2.24) is 18.7 Å². The van der Waals surface area contributed by atoms with E-state index < -0.39 is 17.3 Å². The summed E-state index contributed by atoms with van der Waals surface area (Å²) in [5.41, 5.74) is -1.58. The van der Waals surface area contributed by atoms with Gasteiger partial charge in [0, 0.05) is 14.1 Å². The quantitative estimate of drug-likeness (QED) is 0.616. The lowest BCUT2D eigenvalue weighted by molar-refractivity contribution is 0.195. The van der Waals surface area contributed by atoms with Gasteiger partial charge < -0.3 is 9.67 Å². The molecule has 0 spiro atoms. The summed E-state index contributed by atoms with van der Waals surface area (Å²) in [7, 11) is 2.77. The molecule has 84 valence electrons. The number of carboxylic acid groups (broad SMARTS) is 1. The molecule has 0 saturated carbocycles. The van der Waals surface area contributed by atoms with Crippen molar-refractivity contribution in [2.45, 2.75) is 0 Å². The molecule has 0 aliphatic carbocycles. The van der Waals surface area contributed by atoms with Gasteiger partial charge in [-0.1, -0.05) is 0 Å². The molecule has 0 fully saturated rings. The van der Waals surface area contributed by atoms with Gasteiger partial charge in [-0.05, 0) is 0 Å². The monoisotopic (exact) mass is 224 g/mol. The number of hydrogen-bond acceptors (Lipinski definition) is 4. The van der Waals surface area contributed by atoms with Gasteiger partial charge in [-0.15, -0.1) is 0 Å². The fourth-order valence-corrected chi connectivity index (χ4v) is 1.49. The Morgan fingerprint density at radius 1 is 1.38 bits per heavy atom. The molecule has 0 radical (unpaired) electrons. The molecule has 0 aliphatic heterocycles. The van der Waals surface area contributed by atoms with Crippen LogP contribution in [0.15, 0.2) is 15.9 Å². The summed E-state index contributed by atoms with van der Waals surface area (Å²) >= 11 is 0. The van der Waals surface area contributed by atoms with Crippen LogP contribution in [0, 0.1) is 0 Å². The Balaban J connectivity index is 3.19. The summed E-state index contributed by atoms with van der Waals surface area (Å²) in [6.07, 6.45) is -0.186. The van der Waals surface area contributed by atoms with Crippen LogP contribution in [0.4, 0.5) is 4.79 Å². The summed E-state index contributed by atoms with van der Waals surface area (Å²) in [6.45, 7) is 0. The summed E-state index contributed by atoms with van der Waals surface area (Å²) in [6, 6.07) is 0. The maximum atomic E-state index is 11.7. The van der Waals surface area contributed by atoms with Crippen molar-refractivity contribution in [3.8, 4) is 0 Å². The molecule has 16 heavy (non-hydrogen) atoms. The van der Waals surface area contributed by atoms with Gasteiger partial charge in [-0.2, -0.15) is 4.57 Å². The summed E-state index contributed by atoms with van der Waals surface area (Å²) in [5.74, 6) is 0. The Labute approximate surface area is 88.0 Å². The minimum atomic E-state index is -1.47. The van der Waals surface area contributed by atoms with E-state index in [9.17, 15) is 14.4 Å². The Kier molecular flexibility index (Phi) is 1.94. The first-order valence-electron chi connectivity index (χ1n) is 4.31. The Bertz CT molecular complexity index is 705. The van der Waals surface area contributed by atoms with Crippen LogP contribution >= 0.6 is 0 Å². The van der Waals surface area contributed by atoms with Gasteiger partial charge in [0.05, 0.1) is 6.33 Å². The first-order chi connectivity index (χ1) is 7.45. The lowest BCUT2D eigenvalue weighted by Crippen LogP contribution is -2.40. The smallest absolute Gasteiger partial charge is 0.421 e. The second kappa shape index (κ2) is 3.05. The molecule has 0 aromatic carbocycles. The molecule has 2 aromatic rings. The molecule has 1 N–H and O–H groups in total. The second-order valence-electron chi connectivity index (χ2n) is 3.29. The molecule has 0 atom stereocenters. The summed E-state index contributed by atoms with van der Waals surface area (Å²) in [4.78, 5) is 37.9. The number of fused-ring (bicyclic) bond motifs is 1. The SMILES string of the molecule is Cn1c(=O)c2c(ncn2C)n(C(=O)O)c1=O. The standard InChI is InChI=1S/C8H8N4O4/c1-10-3-9-5-4(10)6(13)11(2)7(14)12(5)8(15)16/h3H,1-2H3,(H,15,16). The molecular formula is C8H8N4O4. The first-order valence-corrected chi connectivity index (χ1v) is 4.31. The highest BCUT2D eigenvalue weighted by Gasteiger charge is 2.18. The van der Waals surface area contributed by atoms with Gasteiger partial charge in [0.1, 0.15) is 0 Å². The van der Waals surface area contributed by atoms with Crippen molar-refractivity contribution in [2.24, 2.45) is 14.1 Å². The van der Waals surface area contributed by atoms with Crippen LogP contribution in [0.2, 0.25) is 0 Å². The molecule has 2 heterocycles. The van der Waals surface area contributed by atoms with E-state index in [-0.39, 0.29) is 11.2 Å². The predicted molar refractivity (Wildman–Crippen MR) is 53.6 cm³/mol. The molecule has 2 rings (SSSR count). The number of aryl methyl sites for hydroxylation is 1. The van der Waals surface area contributed by atoms with Crippen LogP contribution in [0.3, 0.4) is 0 Å². The molecule has 0 amide bonds. The molecular weight excluding hydrogens is 216 g/mol. The molecule has 8 heteroatoms. The third kappa shape index (κ3) is 1.09. The molecule has 0 bridgehead atoms. The fourth-order valence-electron chi connectivity index (χ4n) is 1.49. The van der Waals surface area contributed by atoms with Crippen LogP contribution in [0.1, 0.15) is 0 Å². The fraction of sp³-hybridized carbons (Fsp3) is 0.250. The average molecular weight is 224 g/mol. The number of carbonyl (C=O) groups is 1. The number of aromatic nitrogens is 4. The van der Waals surface area contributed by atoms with Gasteiger partial charge in [-0.3, -0.25) is 9.36 Å². The maximum Gasteiger partial charge on any atom is 0.421 e. The highest BCUT2D eigenvalue weighted by atomic mass is 16.4. The summed E-state index contributed by atoms with van der Waals surface area (Å²) < 4.78 is 2.55. The predicted octanol–water partition coefficient (Wildman–Crippen LogP) is -1.04. The third-order valence-electron chi connectivity index (χ3n) is 2.31. The molecule has 8 nitrogen and oxygen atoms in total. The van der Waals surface area contributed by atoms with Gasteiger partial charge in [0.25, 0.3) is 5.56 Å². The van der Waals surface area contributed by atoms with Gasteiger partial charge >= 0.3 is 11.8 Å². The zero-order chi connectivity index (χ0) is 12.0. The highest BCUT2D eigenvalue weighted by Crippen LogP contribution is 2.03. The minimum absolute atomic E-state index is 0.0736. The first kappa shape index (κ1) is 10.1. The number of hydrogen-bond donors (Lipinski definition) is 1. The summed E-state index contributed by atoms with van der Waals surface area (Å²) in [5, 5.41) is 8.89. The van der Waals surface area contributed by atoms with Crippen LogP contribution in [-0.2, 0) is 14.1 Å². The number of imidazole rings is 1. The maximum absolute atomic E-state index is 11.7. The van der Waals surface area contributed by atoms with E-state index in [0.717, 1.165) is 4.57 Å². The number of rotatable bonds is 0. The van der Waals surface area contributed by atoms with E-state index in [1.807, 2.05) is 0 Å². The van der Waals surface area contributed by atoms with Gasteiger partial charge in [0.2, 0.25) is 0 Å². The average Bonchev–Trinajstić information content (AvgIpc) is 2.57. The third-order valence-corrected chi connectivity index (χ3v) is 2.31. The van der Waals surface area contributed by atoms with E-state index in [0.29, 0.717) is 4.57 Å². The van der Waals surface area contributed by atoms with Crippen LogP contribution < -0.4 is 11.2 Å². The van der Waals surface area contributed by atoms with Gasteiger partial charge in [-0.25, -0.2) is 14.6 Å². The Hall–Kier alpha value is -2.38. The van der Waals surface area contributed by atoms with Crippen molar-refractivity contribution >= 4 is 17.3 Å². The Morgan fingerprint density at radius 3 is 2.56 bits per heavy atom. The second-order valence-corrected chi connectivity index (χ2v) is 3.29. The van der Waals surface area contributed by atoms with Crippen LogP contribution in [-0.4, -0.2) is 29.9 Å². The Morgan fingerprint density at radius 2 is 2.00 bits per heavy atom. The van der Waals surface area contributed by atoms with E-state index >= 15 is 0 Å². The van der Waals surface area contributed by atoms with E-state index in [1.54, 1.807) is 7.05 Å². The zero-order valence-corrected chi connectivity index (χ0v) is 8.54. The lowest BCUT2D eigenvalue weighted by Gasteiger charge is -2.03. The topological polar surface area (TPSA) is 99.1 Å². The zero-order valence-electron chi connectivity index (χ0n) is 8.54. The minimum Gasteiger partial charge on any atom is -0.464 e. The van der Waals surface area contributed by atoms with Crippen molar-refractivity contribution in [1.29, 1.82) is 0 Å². The molecule has 0 saturated heterocycles. The van der Waals surface area contributed by atoms with Crippen molar-refractivity contribution < 1.29 is 9.90 Å². The normalized spacial score (nSPS) is 10.9. The van der Waals surface area contributed by atoms with Crippen LogP contribution in [0.25, 0.3) is 11.2 Å². The van der Waals surface area contributed by atoms with Crippen molar-refractivity contribution in [2.75, 3.05) is 0 Å². The van der Waals surface area contributed by atoms with Crippen molar-refractivity contribution in [3.63, 3.8) is 0 Å².